The number of rotatable bonds is 3. The molecule has 0 aliphatic carbocycles. The second-order valence-electron chi connectivity index (χ2n) is 5.94. The van der Waals surface area contributed by atoms with Crippen LogP contribution in [0.5, 0.6) is 0 Å². The normalized spacial score (nSPS) is 13.1. The average Bonchev–Trinajstić information content (AvgIpc) is 2.96. The van der Waals surface area contributed by atoms with Crippen molar-refractivity contribution in [1.82, 2.24) is 19.5 Å². The zero-order valence-electron chi connectivity index (χ0n) is 14.5. The van der Waals surface area contributed by atoms with Crippen LogP contribution in [0.2, 0.25) is 0 Å². The summed E-state index contributed by atoms with van der Waals surface area (Å²) in [5.41, 5.74) is 6.59. The third-order valence-electron chi connectivity index (χ3n) is 3.93. The van der Waals surface area contributed by atoms with Crippen molar-refractivity contribution in [3.8, 4) is 5.95 Å². The summed E-state index contributed by atoms with van der Waals surface area (Å²) < 4.78 is 43.2. The number of halogens is 4. The van der Waals surface area contributed by atoms with E-state index in [4.69, 9.17) is 5.73 Å². The van der Waals surface area contributed by atoms with E-state index in [9.17, 15) is 13.2 Å². The van der Waals surface area contributed by atoms with Gasteiger partial charge in [-0.3, -0.25) is 4.57 Å². The van der Waals surface area contributed by atoms with Gasteiger partial charge in [0.15, 0.2) is 0 Å². The number of nitrogen functional groups attached to an aromatic ring is 1. The fourth-order valence-corrected chi connectivity index (χ4v) is 4.92. The van der Waals surface area contributed by atoms with Crippen molar-refractivity contribution in [2.75, 3.05) is 11.1 Å². The molecule has 0 bridgehead atoms. The Balaban J connectivity index is 1.68. The molecular weight excluding hydrogens is 484 g/mol. The first-order valence-corrected chi connectivity index (χ1v) is 10.5. The minimum atomic E-state index is -4.38. The molecule has 0 amide bonds. The monoisotopic (exact) mass is 498 g/mol. The molecule has 0 saturated carbocycles. The molecule has 3 aromatic rings. The van der Waals surface area contributed by atoms with Gasteiger partial charge in [-0.1, -0.05) is 26.8 Å². The summed E-state index contributed by atoms with van der Waals surface area (Å²) in [5, 5.41) is 2.98. The van der Waals surface area contributed by atoms with Gasteiger partial charge < -0.3 is 11.1 Å². The minimum absolute atomic E-state index is 0.245. The van der Waals surface area contributed by atoms with E-state index in [0.29, 0.717) is 17.5 Å². The number of allylic oxidation sites excluding steroid dienone is 1. The van der Waals surface area contributed by atoms with Crippen LogP contribution < -0.4 is 11.1 Å². The molecule has 0 radical (unpaired) electrons. The van der Waals surface area contributed by atoms with Gasteiger partial charge >= 0.3 is 6.18 Å². The molecule has 6 nitrogen and oxygen atoms in total. The van der Waals surface area contributed by atoms with E-state index >= 15 is 0 Å². The molecule has 28 heavy (non-hydrogen) atoms. The fraction of sp³-hybridized carbons (Fsp3) is 0.111. The van der Waals surface area contributed by atoms with E-state index in [2.05, 4.69) is 24.3 Å². The molecule has 0 saturated heterocycles. The molecule has 2 aromatic heterocycles. The number of benzene rings is 1. The first-order chi connectivity index (χ1) is 13.3. The Morgan fingerprint density at radius 1 is 1.11 bits per heavy atom. The molecule has 0 fully saturated rings. The number of nitrogens with zero attached hydrogens (tertiary/aromatic N) is 4. The largest absolute Gasteiger partial charge is 0.416 e. The van der Waals surface area contributed by atoms with Crippen LogP contribution in [0.4, 0.5) is 30.5 Å². The smallest absolute Gasteiger partial charge is 0.383 e. The summed E-state index contributed by atoms with van der Waals surface area (Å²) in [6, 6.07) is 6.24. The molecule has 0 unspecified atom stereocenters. The topological polar surface area (TPSA) is 81.7 Å². The Kier molecular flexibility index (Phi) is 4.65. The van der Waals surface area contributed by atoms with Gasteiger partial charge in [0.25, 0.3) is 0 Å². The third kappa shape index (κ3) is 3.63. The van der Waals surface area contributed by atoms with Crippen molar-refractivity contribution in [2.24, 2.45) is 0 Å². The number of aryl methyl sites for hydroxylation is 1. The van der Waals surface area contributed by atoms with Crippen molar-refractivity contribution in [3.63, 3.8) is 0 Å². The second-order valence-corrected chi connectivity index (χ2v) is 8.31. The summed E-state index contributed by atoms with van der Waals surface area (Å²) in [6.45, 7) is 1.87. The Labute approximate surface area is 168 Å². The summed E-state index contributed by atoms with van der Waals surface area (Å²) in [6.07, 6.45) is -0.447. The van der Waals surface area contributed by atoms with Gasteiger partial charge in [-0.15, -0.1) is 0 Å². The summed E-state index contributed by atoms with van der Waals surface area (Å²) >= 11 is -0.375. The maximum Gasteiger partial charge on any atom is 0.416 e. The zero-order valence-corrected chi connectivity index (χ0v) is 16.7. The zero-order chi connectivity index (χ0) is 19.9. The molecule has 4 rings (SSSR count). The lowest BCUT2D eigenvalue weighted by Crippen LogP contribution is -2.09. The highest BCUT2D eigenvalue weighted by Gasteiger charge is 2.30. The van der Waals surface area contributed by atoms with Gasteiger partial charge in [0.05, 0.1) is 11.3 Å². The summed E-state index contributed by atoms with van der Waals surface area (Å²) in [7, 11) is 0. The van der Waals surface area contributed by atoms with E-state index in [1.165, 1.54) is 18.2 Å². The number of hydrogen-bond donors (Lipinski definition) is 2. The van der Waals surface area contributed by atoms with E-state index in [0.717, 1.165) is 27.4 Å². The van der Waals surface area contributed by atoms with Crippen LogP contribution in [0.15, 0.2) is 36.4 Å². The first-order valence-electron chi connectivity index (χ1n) is 8.13. The van der Waals surface area contributed by atoms with Crippen molar-refractivity contribution in [1.29, 1.82) is 0 Å². The van der Waals surface area contributed by atoms with Crippen LogP contribution in [-0.4, -0.2) is 23.5 Å². The summed E-state index contributed by atoms with van der Waals surface area (Å²) in [4.78, 5) is 13.3. The number of fused-ring (bicyclic) bond motifs is 1. The van der Waals surface area contributed by atoms with Gasteiger partial charge in [-0.25, -0.2) is 4.98 Å². The van der Waals surface area contributed by atoms with Gasteiger partial charge in [0.2, 0.25) is 5.95 Å². The van der Waals surface area contributed by atoms with Crippen molar-refractivity contribution in [3.05, 3.63) is 57.2 Å². The number of hydrogen-bond acceptors (Lipinski definition) is 5. The van der Waals surface area contributed by atoms with Crippen LogP contribution in [-0.2, 0) is 6.18 Å². The Morgan fingerprint density at radius 2 is 1.86 bits per heavy atom. The van der Waals surface area contributed by atoms with E-state index < -0.39 is 11.7 Å². The quantitative estimate of drug-likeness (QED) is 0.527. The summed E-state index contributed by atoms with van der Waals surface area (Å²) in [5.74, 6) is 1.76. The molecule has 144 valence electrons. The molecule has 1 aromatic carbocycles. The number of nitrogens with one attached hydrogen (secondary N) is 1. The van der Waals surface area contributed by atoms with Crippen LogP contribution in [0.1, 0.15) is 17.1 Å². The molecule has 3 N–H and O–H groups in total. The standard InChI is InChI=1S/C18H14F3IN6/c1-10-24-13-3-2-8-22-16(13)28(10)17-26-14(23)9-15(27-17)25-12-6-4-11(5-7-12)18(19,20)21/h2-9H,1H3,(H3,23,25,26,27). The molecule has 1 aliphatic rings. The first kappa shape index (κ1) is 18.6. The SMILES string of the molecule is Cc1nc2c(n1-c1nc(N)cc(Nc3ccc(C(F)(F)F)cc3)n1)I=CC=C2. The lowest BCUT2D eigenvalue weighted by Gasteiger charge is -2.12. The predicted octanol–water partition coefficient (Wildman–Crippen LogP) is 4.28. The average molecular weight is 498 g/mol. The molecular formula is C18H14F3IN6. The lowest BCUT2D eigenvalue weighted by atomic mass is 10.2. The number of aromatic nitrogens is 4. The number of anilines is 3. The lowest BCUT2D eigenvalue weighted by molar-refractivity contribution is -0.137. The van der Waals surface area contributed by atoms with E-state index in [1.807, 2.05) is 23.6 Å². The van der Waals surface area contributed by atoms with E-state index in [1.54, 1.807) is 0 Å². The third-order valence-corrected chi connectivity index (χ3v) is 6.33. The van der Waals surface area contributed by atoms with Crippen LogP contribution in [0.25, 0.3) is 12.0 Å². The van der Waals surface area contributed by atoms with Crippen molar-refractivity contribution in [2.45, 2.75) is 13.1 Å². The van der Waals surface area contributed by atoms with Gasteiger partial charge in [0.1, 0.15) is 21.2 Å². The maximum atomic E-state index is 12.7. The highest BCUT2D eigenvalue weighted by atomic mass is 127. The van der Waals surface area contributed by atoms with Crippen molar-refractivity contribution >= 4 is 48.1 Å². The Morgan fingerprint density at radius 3 is 2.57 bits per heavy atom. The number of alkyl halides is 3. The van der Waals surface area contributed by atoms with E-state index in [-0.39, 0.29) is 26.5 Å². The van der Waals surface area contributed by atoms with Crippen LogP contribution in [0, 0.1) is 10.6 Å². The highest BCUT2D eigenvalue weighted by molar-refractivity contribution is 14.2. The van der Waals surface area contributed by atoms with Crippen LogP contribution in [0.3, 0.4) is 0 Å². The fourth-order valence-electron chi connectivity index (χ4n) is 2.70. The predicted molar refractivity (Wildman–Crippen MR) is 111 cm³/mol. The van der Waals surface area contributed by atoms with Gasteiger partial charge in [-0.05, 0) is 41.3 Å². The van der Waals surface area contributed by atoms with Gasteiger partial charge in [0, 0.05) is 11.8 Å². The van der Waals surface area contributed by atoms with Crippen LogP contribution >= 0.6 is 20.7 Å². The molecule has 3 heterocycles. The molecule has 10 heteroatoms. The molecule has 0 spiro atoms. The minimum Gasteiger partial charge on any atom is -0.383 e. The Hall–Kier alpha value is -2.76. The van der Waals surface area contributed by atoms with Gasteiger partial charge in [-0.2, -0.15) is 23.1 Å². The Bertz CT molecular complexity index is 1100. The number of imidazole rings is 1. The highest BCUT2D eigenvalue weighted by Crippen LogP contribution is 2.31. The second kappa shape index (κ2) is 7.00. The molecule has 0 atom stereocenters. The number of nitrogens with two attached hydrogens (primary N) is 1. The molecule has 1 aliphatic heterocycles. The maximum absolute atomic E-state index is 12.7. The van der Waals surface area contributed by atoms with Crippen molar-refractivity contribution < 1.29 is 13.2 Å².